The van der Waals surface area contributed by atoms with E-state index in [2.05, 4.69) is 10.6 Å². The second-order valence-electron chi connectivity index (χ2n) is 7.37. The van der Waals surface area contributed by atoms with Crippen LogP contribution in [0.25, 0.3) is 0 Å². The smallest absolute Gasteiger partial charge is 0.326 e. The summed E-state index contributed by atoms with van der Waals surface area (Å²) < 4.78 is 4.85. The normalized spacial score (nSPS) is 15.7. The quantitative estimate of drug-likeness (QED) is 0.509. The van der Waals surface area contributed by atoms with Crippen LogP contribution in [0.1, 0.15) is 33.9 Å². The zero-order chi connectivity index (χ0) is 23.1. The maximum Gasteiger partial charge on any atom is 0.326 e. The van der Waals surface area contributed by atoms with Crippen LogP contribution in [0.15, 0.2) is 54.6 Å². The highest BCUT2D eigenvalue weighted by Crippen LogP contribution is 2.34. The van der Waals surface area contributed by atoms with Gasteiger partial charge in [-0.15, -0.1) is 0 Å². The lowest BCUT2D eigenvalue weighted by atomic mass is 10.0. The summed E-state index contributed by atoms with van der Waals surface area (Å²) >= 11 is 0. The summed E-state index contributed by atoms with van der Waals surface area (Å²) in [4.78, 5) is 50.9. The Labute approximate surface area is 185 Å². The third-order valence-corrected chi connectivity index (χ3v) is 5.17. The molecule has 1 heterocycles. The van der Waals surface area contributed by atoms with Crippen molar-refractivity contribution in [1.29, 1.82) is 0 Å². The summed E-state index contributed by atoms with van der Waals surface area (Å²) in [6, 6.07) is 14.2. The van der Waals surface area contributed by atoms with Crippen LogP contribution >= 0.6 is 0 Å². The van der Waals surface area contributed by atoms with Crippen molar-refractivity contribution in [3.8, 4) is 0 Å². The van der Waals surface area contributed by atoms with Gasteiger partial charge < -0.3 is 25.4 Å². The molecule has 3 amide bonds. The zero-order valence-corrected chi connectivity index (χ0v) is 17.6. The predicted octanol–water partition coefficient (Wildman–Crippen LogP) is 1.11. The first-order chi connectivity index (χ1) is 15.4. The molecule has 0 aromatic heterocycles. The van der Waals surface area contributed by atoms with Gasteiger partial charge in [-0.25, -0.2) is 4.79 Å². The van der Waals surface area contributed by atoms with E-state index in [4.69, 9.17) is 4.74 Å². The van der Waals surface area contributed by atoms with Crippen LogP contribution in [-0.2, 0) is 25.7 Å². The minimum Gasteiger partial charge on any atom is -0.480 e. The van der Waals surface area contributed by atoms with E-state index in [0.29, 0.717) is 11.1 Å². The van der Waals surface area contributed by atoms with E-state index < -0.39 is 36.4 Å². The summed E-state index contributed by atoms with van der Waals surface area (Å²) in [5.74, 6) is -2.61. The number of fused-ring (bicyclic) bond motifs is 1. The van der Waals surface area contributed by atoms with Gasteiger partial charge in [0.15, 0.2) is 0 Å². The second kappa shape index (κ2) is 10.5. The number of ether oxygens (including phenoxy) is 1. The van der Waals surface area contributed by atoms with E-state index in [9.17, 15) is 24.3 Å². The first-order valence-corrected chi connectivity index (χ1v) is 10.1. The first-order valence-electron chi connectivity index (χ1n) is 10.1. The topological polar surface area (TPSA) is 125 Å². The Kier molecular flexibility index (Phi) is 7.56. The molecular weight excluding hydrogens is 414 g/mol. The van der Waals surface area contributed by atoms with Crippen LogP contribution in [0.5, 0.6) is 0 Å². The molecular formula is C23H25N3O6. The summed E-state index contributed by atoms with van der Waals surface area (Å²) in [5, 5.41) is 14.1. The largest absolute Gasteiger partial charge is 0.480 e. The third kappa shape index (κ3) is 5.30. The molecule has 9 heteroatoms. The summed E-state index contributed by atoms with van der Waals surface area (Å²) in [5.41, 5.74) is 1.88. The van der Waals surface area contributed by atoms with E-state index >= 15 is 0 Å². The fraction of sp³-hybridized carbons (Fsp3) is 0.304. The molecule has 0 fully saturated rings. The van der Waals surface area contributed by atoms with Crippen LogP contribution in [0.3, 0.4) is 0 Å². The SMILES string of the molecule is COCCC(NC(=O)CNC(=O)C1c2ccccc2C(=O)N1Cc1ccccc1)C(=O)O. The molecule has 0 saturated carbocycles. The van der Waals surface area contributed by atoms with E-state index in [1.165, 1.54) is 12.0 Å². The van der Waals surface area contributed by atoms with Gasteiger partial charge in [0.25, 0.3) is 5.91 Å². The average molecular weight is 439 g/mol. The summed E-state index contributed by atoms with van der Waals surface area (Å²) in [6.45, 7) is -0.0165. The molecule has 9 nitrogen and oxygen atoms in total. The van der Waals surface area contributed by atoms with Crippen molar-refractivity contribution in [2.24, 2.45) is 0 Å². The number of aliphatic carboxylic acids is 1. The highest BCUT2D eigenvalue weighted by Gasteiger charge is 2.40. The Morgan fingerprint density at radius 2 is 1.78 bits per heavy atom. The van der Waals surface area contributed by atoms with Crippen molar-refractivity contribution in [2.75, 3.05) is 20.3 Å². The lowest BCUT2D eigenvalue weighted by molar-refractivity contribution is -0.142. The fourth-order valence-corrected chi connectivity index (χ4v) is 3.60. The Bertz CT molecular complexity index is 994. The molecule has 0 radical (unpaired) electrons. The Morgan fingerprint density at radius 3 is 2.47 bits per heavy atom. The van der Waals surface area contributed by atoms with E-state index in [0.717, 1.165) is 5.56 Å². The summed E-state index contributed by atoms with van der Waals surface area (Å²) in [7, 11) is 1.43. The number of hydrogen-bond acceptors (Lipinski definition) is 5. The lowest BCUT2D eigenvalue weighted by Crippen LogP contribution is -2.47. The van der Waals surface area contributed by atoms with Crippen LogP contribution in [0.4, 0.5) is 0 Å². The summed E-state index contributed by atoms with van der Waals surface area (Å²) in [6.07, 6.45) is 0.0981. The average Bonchev–Trinajstić information content (AvgIpc) is 3.07. The van der Waals surface area contributed by atoms with Crippen molar-refractivity contribution in [3.05, 3.63) is 71.3 Å². The van der Waals surface area contributed by atoms with Crippen molar-refractivity contribution in [2.45, 2.75) is 25.0 Å². The minimum atomic E-state index is -1.19. The molecule has 1 aliphatic rings. The van der Waals surface area contributed by atoms with Gasteiger partial charge >= 0.3 is 5.97 Å². The standard InChI is InChI=1S/C23H25N3O6/c1-32-12-11-18(23(30)31)25-19(27)13-24-21(28)20-16-9-5-6-10-17(16)22(29)26(20)14-15-7-3-2-4-8-15/h2-10,18,20H,11-14H2,1H3,(H,24,28)(H,25,27)(H,30,31). The molecule has 2 atom stereocenters. The highest BCUT2D eigenvalue weighted by atomic mass is 16.5. The number of hydrogen-bond donors (Lipinski definition) is 3. The van der Waals surface area contributed by atoms with Gasteiger partial charge in [-0.2, -0.15) is 0 Å². The Morgan fingerprint density at radius 1 is 1.09 bits per heavy atom. The van der Waals surface area contributed by atoms with E-state index in [1.54, 1.807) is 24.3 Å². The number of amides is 3. The minimum absolute atomic E-state index is 0.0981. The first kappa shape index (κ1) is 23.0. The van der Waals surface area contributed by atoms with Crippen molar-refractivity contribution in [1.82, 2.24) is 15.5 Å². The van der Waals surface area contributed by atoms with Gasteiger partial charge in [-0.05, 0) is 17.2 Å². The molecule has 0 aliphatic carbocycles. The van der Waals surface area contributed by atoms with Crippen molar-refractivity contribution >= 4 is 23.7 Å². The molecule has 1 aliphatic heterocycles. The monoisotopic (exact) mass is 439 g/mol. The van der Waals surface area contributed by atoms with Gasteiger partial charge in [-0.1, -0.05) is 48.5 Å². The molecule has 2 unspecified atom stereocenters. The maximum absolute atomic E-state index is 13.0. The molecule has 0 bridgehead atoms. The van der Waals surface area contributed by atoms with E-state index in [1.807, 2.05) is 30.3 Å². The zero-order valence-electron chi connectivity index (χ0n) is 17.6. The number of carboxylic acid groups (broad SMARTS) is 1. The fourth-order valence-electron chi connectivity index (χ4n) is 3.60. The molecule has 3 N–H and O–H groups in total. The number of nitrogens with zero attached hydrogens (tertiary/aromatic N) is 1. The number of carboxylic acids is 1. The van der Waals surface area contributed by atoms with Crippen molar-refractivity contribution < 1.29 is 29.0 Å². The predicted molar refractivity (Wildman–Crippen MR) is 115 cm³/mol. The molecule has 168 valence electrons. The number of carbonyl (C=O) groups is 4. The molecule has 3 rings (SSSR count). The highest BCUT2D eigenvalue weighted by molar-refractivity contribution is 6.05. The number of methoxy groups -OCH3 is 1. The maximum atomic E-state index is 13.0. The van der Waals surface area contributed by atoms with Gasteiger partial charge in [0.05, 0.1) is 6.54 Å². The van der Waals surface area contributed by atoms with Gasteiger partial charge in [0.2, 0.25) is 11.8 Å². The second-order valence-corrected chi connectivity index (χ2v) is 7.37. The number of benzene rings is 2. The molecule has 0 saturated heterocycles. The molecule has 0 spiro atoms. The van der Waals surface area contributed by atoms with E-state index in [-0.39, 0.29) is 25.5 Å². The number of rotatable bonds is 10. The molecule has 2 aromatic rings. The number of nitrogens with one attached hydrogen (secondary N) is 2. The van der Waals surface area contributed by atoms with Gasteiger partial charge in [0, 0.05) is 32.2 Å². The van der Waals surface area contributed by atoms with Gasteiger partial charge in [-0.3, -0.25) is 14.4 Å². The van der Waals surface area contributed by atoms with Crippen LogP contribution in [0.2, 0.25) is 0 Å². The lowest BCUT2D eigenvalue weighted by Gasteiger charge is -2.25. The Balaban J connectivity index is 1.70. The van der Waals surface area contributed by atoms with Crippen LogP contribution < -0.4 is 10.6 Å². The van der Waals surface area contributed by atoms with Crippen LogP contribution in [0, 0.1) is 0 Å². The third-order valence-electron chi connectivity index (χ3n) is 5.17. The molecule has 32 heavy (non-hydrogen) atoms. The van der Waals surface area contributed by atoms with Crippen molar-refractivity contribution in [3.63, 3.8) is 0 Å². The van der Waals surface area contributed by atoms with Gasteiger partial charge in [0.1, 0.15) is 12.1 Å². The number of carbonyl (C=O) groups excluding carboxylic acids is 3. The molecule has 2 aromatic carbocycles. The Hall–Kier alpha value is -3.72. The van der Waals surface area contributed by atoms with Crippen LogP contribution in [-0.4, -0.2) is 60.0 Å².